The van der Waals surface area contributed by atoms with E-state index in [1.165, 1.54) is 11.1 Å². The molecular weight excluding hydrogens is 242 g/mol. The predicted molar refractivity (Wildman–Crippen MR) is 75.6 cm³/mol. The maximum Gasteiger partial charge on any atom is 0.306 e. The van der Waals surface area contributed by atoms with Crippen molar-refractivity contribution < 1.29 is 14.6 Å². The number of hydrogen-bond donors (Lipinski definition) is 2. The first-order chi connectivity index (χ1) is 8.95. The largest absolute Gasteiger partial charge is 0.496 e. The van der Waals surface area contributed by atoms with Crippen LogP contribution in [0.15, 0.2) is 12.1 Å². The van der Waals surface area contributed by atoms with E-state index in [-0.39, 0.29) is 5.92 Å². The number of carboxylic acids is 1. The fraction of sp³-hybridized carbons (Fsp3) is 0.533. The van der Waals surface area contributed by atoms with Crippen LogP contribution >= 0.6 is 0 Å². The molecule has 0 fully saturated rings. The minimum Gasteiger partial charge on any atom is -0.496 e. The zero-order valence-electron chi connectivity index (χ0n) is 12.1. The van der Waals surface area contributed by atoms with E-state index in [4.69, 9.17) is 9.84 Å². The quantitative estimate of drug-likeness (QED) is 0.744. The third-order valence-electron chi connectivity index (χ3n) is 3.39. The first-order valence-corrected chi connectivity index (χ1v) is 6.53. The van der Waals surface area contributed by atoms with Crippen LogP contribution < -0.4 is 10.1 Å². The second kappa shape index (κ2) is 7.14. The molecule has 0 radical (unpaired) electrons. The Morgan fingerprint density at radius 3 is 2.58 bits per heavy atom. The fourth-order valence-electron chi connectivity index (χ4n) is 1.84. The number of carbonyl (C=O) groups is 1. The lowest BCUT2D eigenvalue weighted by Gasteiger charge is -2.13. The summed E-state index contributed by atoms with van der Waals surface area (Å²) in [4.78, 5) is 10.7. The van der Waals surface area contributed by atoms with Crippen LogP contribution in [0.5, 0.6) is 5.75 Å². The summed E-state index contributed by atoms with van der Waals surface area (Å²) in [6.45, 7) is 7.23. The molecule has 0 saturated carbocycles. The molecule has 19 heavy (non-hydrogen) atoms. The monoisotopic (exact) mass is 265 g/mol. The smallest absolute Gasteiger partial charge is 0.306 e. The summed E-state index contributed by atoms with van der Waals surface area (Å²) in [6, 6.07) is 4.15. The normalized spacial score (nSPS) is 12.2. The summed E-state index contributed by atoms with van der Waals surface area (Å²) in [6.07, 6.45) is 0.627. The molecule has 1 aromatic rings. The Bertz CT molecular complexity index is 443. The van der Waals surface area contributed by atoms with Gasteiger partial charge >= 0.3 is 5.97 Å². The van der Waals surface area contributed by atoms with Gasteiger partial charge in [0.25, 0.3) is 0 Å². The Labute approximate surface area is 114 Å². The molecule has 0 bridgehead atoms. The van der Waals surface area contributed by atoms with Crippen molar-refractivity contribution in [3.8, 4) is 5.75 Å². The van der Waals surface area contributed by atoms with Crippen molar-refractivity contribution in [3.63, 3.8) is 0 Å². The van der Waals surface area contributed by atoms with Gasteiger partial charge in [-0.2, -0.15) is 0 Å². The van der Waals surface area contributed by atoms with Gasteiger partial charge in [-0.3, -0.25) is 4.79 Å². The van der Waals surface area contributed by atoms with Crippen LogP contribution in [0.1, 0.15) is 30.0 Å². The number of rotatable bonds is 7. The first kappa shape index (κ1) is 15.5. The molecule has 106 valence electrons. The van der Waals surface area contributed by atoms with E-state index in [1.54, 1.807) is 14.0 Å². The van der Waals surface area contributed by atoms with Gasteiger partial charge in [0.2, 0.25) is 0 Å². The molecule has 0 heterocycles. The number of carboxylic acid groups (broad SMARTS) is 1. The highest BCUT2D eigenvalue weighted by molar-refractivity contribution is 5.69. The SMILES string of the molecule is COc1cc(C)c(C)cc1CNCCC(C)C(=O)O. The van der Waals surface area contributed by atoms with Crippen molar-refractivity contribution in [1.29, 1.82) is 0 Å². The zero-order valence-corrected chi connectivity index (χ0v) is 12.1. The minimum atomic E-state index is -0.745. The maximum absolute atomic E-state index is 10.7. The Morgan fingerprint density at radius 2 is 2.00 bits per heavy atom. The molecule has 2 N–H and O–H groups in total. The number of ether oxygens (including phenoxy) is 1. The molecule has 1 rings (SSSR count). The highest BCUT2D eigenvalue weighted by Gasteiger charge is 2.10. The average Bonchev–Trinajstić information content (AvgIpc) is 2.37. The van der Waals surface area contributed by atoms with Crippen LogP contribution in [-0.4, -0.2) is 24.7 Å². The van der Waals surface area contributed by atoms with Gasteiger partial charge in [-0.05, 0) is 44.0 Å². The third-order valence-corrected chi connectivity index (χ3v) is 3.39. The molecule has 4 heteroatoms. The van der Waals surface area contributed by atoms with E-state index in [0.29, 0.717) is 19.5 Å². The van der Waals surface area contributed by atoms with E-state index in [0.717, 1.165) is 11.3 Å². The van der Waals surface area contributed by atoms with Crippen molar-refractivity contribution in [2.75, 3.05) is 13.7 Å². The van der Waals surface area contributed by atoms with E-state index < -0.39 is 5.97 Å². The van der Waals surface area contributed by atoms with Gasteiger partial charge < -0.3 is 15.2 Å². The van der Waals surface area contributed by atoms with Gasteiger partial charge in [0.05, 0.1) is 13.0 Å². The van der Waals surface area contributed by atoms with Gasteiger partial charge in [0.15, 0.2) is 0 Å². The Balaban J connectivity index is 2.53. The summed E-state index contributed by atoms with van der Waals surface area (Å²) < 4.78 is 5.36. The Morgan fingerprint density at radius 1 is 1.37 bits per heavy atom. The van der Waals surface area contributed by atoms with Gasteiger partial charge in [0, 0.05) is 12.1 Å². The molecule has 1 unspecified atom stereocenters. The summed E-state index contributed by atoms with van der Waals surface area (Å²) in [5, 5.41) is 12.1. The lowest BCUT2D eigenvalue weighted by atomic mass is 10.0. The van der Waals surface area contributed by atoms with Crippen molar-refractivity contribution in [3.05, 3.63) is 28.8 Å². The Kier molecular flexibility index (Phi) is 5.83. The van der Waals surface area contributed by atoms with E-state index in [9.17, 15) is 4.79 Å². The number of aliphatic carboxylic acids is 1. The first-order valence-electron chi connectivity index (χ1n) is 6.53. The lowest BCUT2D eigenvalue weighted by molar-refractivity contribution is -0.141. The number of benzene rings is 1. The number of nitrogens with one attached hydrogen (secondary N) is 1. The van der Waals surface area contributed by atoms with Crippen LogP contribution in [0, 0.1) is 19.8 Å². The van der Waals surface area contributed by atoms with E-state index in [1.807, 2.05) is 6.07 Å². The molecule has 1 aromatic carbocycles. The molecule has 0 aliphatic rings. The molecule has 0 aliphatic heterocycles. The number of aryl methyl sites for hydroxylation is 2. The summed E-state index contributed by atoms with van der Waals surface area (Å²) >= 11 is 0. The lowest BCUT2D eigenvalue weighted by Crippen LogP contribution is -2.20. The molecule has 0 spiro atoms. The molecule has 1 atom stereocenters. The van der Waals surface area contributed by atoms with Crippen LogP contribution in [0.3, 0.4) is 0 Å². The molecule has 0 aromatic heterocycles. The van der Waals surface area contributed by atoms with Crippen LogP contribution in [-0.2, 0) is 11.3 Å². The second-order valence-electron chi connectivity index (χ2n) is 4.95. The third kappa shape index (κ3) is 4.56. The zero-order chi connectivity index (χ0) is 14.4. The highest BCUT2D eigenvalue weighted by Crippen LogP contribution is 2.22. The molecule has 0 amide bonds. The maximum atomic E-state index is 10.7. The van der Waals surface area contributed by atoms with Crippen LogP contribution in [0.2, 0.25) is 0 Å². The van der Waals surface area contributed by atoms with Gasteiger partial charge in [0.1, 0.15) is 5.75 Å². The van der Waals surface area contributed by atoms with Gasteiger partial charge in [-0.15, -0.1) is 0 Å². The number of methoxy groups -OCH3 is 1. The summed E-state index contributed by atoms with van der Waals surface area (Å²) in [5.74, 6) is -0.179. The standard InChI is InChI=1S/C15H23NO3/c1-10(15(17)18)5-6-16-9-13-7-11(2)12(3)8-14(13)19-4/h7-8,10,16H,5-6,9H2,1-4H3,(H,17,18). The minimum absolute atomic E-state index is 0.311. The van der Waals surface area contributed by atoms with Gasteiger partial charge in [-0.25, -0.2) is 0 Å². The van der Waals surface area contributed by atoms with Crippen molar-refractivity contribution >= 4 is 5.97 Å². The molecule has 0 aliphatic carbocycles. The van der Waals surface area contributed by atoms with Crippen molar-refractivity contribution in [1.82, 2.24) is 5.32 Å². The molecule has 4 nitrogen and oxygen atoms in total. The summed E-state index contributed by atoms with van der Waals surface area (Å²) in [5.41, 5.74) is 3.55. The van der Waals surface area contributed by atoms with Crippen molar-refractivity contribution in [2.45, 2.75) is 33.7 Å². The van der Waals surface area contributed by atoms with E-state index >= 15 is 0 Å². The van der Waals surface area contributed by atoms with Crippen LogP contribution in [0.25, 0.3) is 0 Å². The predicted octanol–water partition coefficient (Wildman–Crippen LogP) is 2.51. The topological polar surface area (TPSA) is 58.6 Å². The van der Waals surface area contributed by atoms with E-state index in [2.05, 4.69) is 25.2 Å². The molecule has 0 saturated heterocycles. The summed E-state index contributed by atoms with van der Waals surface area (Å²) in [7, 11) is 1.67. The molecular formula is C15H23NO3. The van der Waals surface area contributed by atoms with Crippen LogP contribution in [0.4, 0.5) is 0 Å². The Hall–Kier alpha value is -1.55. The fourth-order valence-corrected chi connectivity index (χ4v) is 1.84. The highest BCUT2D eigenvalue weighted by atomic mass is 16.5. The number of hydrogen-bond acceptors (Lipinski definition) is 3. The van der Waals surface area contributed by atoms with Gasteiger partial charge in [-0.1, -0.05) is 13.0 Å². The second-order valence-corrected chi connectivity index (χ2v) is 4.95. The van der Waals surface area contributed by atoms with Crippen molar-refractivity contribution in [2.24, 2.45) is 5.92 Å². The average molecular weight is 265 g/mol.